The highest BCUT2D eigenvalue weighted by Crippen LogP contribution is 2.35. The van der Waals surface area contributed by atoms with Crippen molar-refractivity contribution in [2.45, 2.75) is 18.7 Å². The van der Waals surface area contributed by atoms with Gasteiger partial charge in [0.15, 0.2) is 0 Å². The fourth-order valence-corrected chi connectivity index (χ4v) is 6.31. The van der Waals surface area contributed by atoms with Crippen LogP contribution in [0, 0.1) is 5.92 Å². The maximum Gasteiger partial charge on any atom is 0.339 e. The Balaban J connectivity index is 2.11. The van der Waals surface area contributed by atoms with Gasteiger partial charge in [-0.3, -0.25) is 9.52 Å². The molecule has 10 nitrogen and oxygen atoms in total. The van der Waals surface area contributed by atoms with Gasteiger partial charge in [-0.25, -0.2) is 25.9 Å². The first kappa shape index (κ1) is 23.5. The number of benzene rings is 2. The summed E-state index contributed by atoms with van der Waals surface area (Å²) in [6.07, 6.45) is 0. The van der Waals surface area contributed by atoms with Gasteiger partial charge in [-0.2, -0.15) is 0 Å². The number of carbonyl (C=O) groups is 2. The van der Waals surface area contributed by atoms with E-state index in [2.05, 4.69) is 9.46 Å². The van der Waals surface area contributed by atoms with E-state index in [1.165, 1.54) is 44.4 Å². The minimum atomic E-state index is -4.37. The number of nitrogens with one attached hydrogen (secondary N) is 1. The van der Waals surface area contributed by atoms with Crippen LogP contribution in [0.1, 0.15) is 24.2 Å². The van der Waals surface area contributed by atoms with E-state index in [0.29, 0.717) is 4.31 Å². The molecule has 1 aliphatic heterocycles. The second-order valence-corrected chi connectivity index (χ2v) is 10.5. The Hall–Kier alpha value is -3.12. The van der Waals surface area contributed by atoms with E-state index in [0.717, 1.165) is 6.07 Å². The van der Waals surface area contributed by atoms with E-state index in [1.54, 1.807) is 13.0 Å². The third kappa shape index (κ3) is 4.41. The number of carbonyl (C=O) groups excluding carboxylic acids is 2. The molecule has 1 atom stereocenters. The van der Waals surface area contributed by atoms with Crippen LogP contribution in [0.2, 0.25) is 0 Å². The Labute approximate surface area is 186 Å². The second kappa shape index (κ2) is 8.79. The number of hydrogen-bond donors (Lipinski definition) is 1. The van der Waals surface area contributed by atoms with Crippen molar-refractivity contribution in [3.05, 3.63) is 48.0 Å². The monoisotopic (exact) mass is 482 g/mol. The van der Waals surface area contributed by atoms with Crippen LogP contribution < -0.4 is 13.8 Å². The number of ether oxygens (including phenoxy) is 2. The van der Waals surface area contributed by atoms with Gasteiger partial charge in [0.1, 0.15) is 10.6 Å². The fraction of sp³-hybridized carbons (Fsp3) is 0.300. The van der Waals surface area contributed by atoms with Crippen LogP contribution >= 0.6 is 0 Å². The molecule has 3 rings (SSSR count). The highest BCUT2D eigenvalue weighted by atomic mass is 32.2. The number of anilines is 2. The highest BCUT2D eigenvalue weighted by molar-refractivity contribution is 7.94. The molecule has 0 spiro atoms. The van der Waals surface area contributed by atoms with Gasteiger partial charge in [-0.1, -0.05) is 19.1 Å². The Kier molecular flexibility index (Phi) is 6.46. The standard InChI is InChI=1S/C20H22N2O8S2/c1-4-30-17-10-9-14(22-19(23)13(2)12-31(22,25)26)11-18(17)32(27,28)21-16-8-6-5-7-15(16)20(24)29-3/h5-11,13,21H,4,12H2,1-3H3. The van der Waals surface area contributed by atoms with Gasteiger partial charge in [-0.15, -0.1) is 0 Å². The normalized spacial score (nSPS) is 17.8. The molecular formula is C20H22N2O8S2. The minimum Gasteiger partial charge on any atom is -0.492 e. The summed E-state index contributed by atoms with van der Waals surface area (Å²) < 4.78 is 64.4. The molecule has 0 saturated carbocycles. The predicted octanol–water partition coefficient (Wildman–Crippen LogP) is 1.99. The van der Waals surface area contributed by atoms with Crippen molar-refractivity contribution in [1.29, 1.82) is 0 Å². The van der Waals surface area contributed by atoms with Crippen molar-refractivity contribution in [2.24, 2.45) is 5.92 Å². The van der Waals surface area contributed by atoms with Crippen molar-refractivity contribution in [3.8, 4) is 5.75 Å². The van der Waals surface area contributed by atoms with Crippen LogP contribution in [0.3, 0.4) is 0 Å². The summed E-state index contributed by atoms with van der Waals surface area (Å²) >= 11 is 0. The summed E-state index contributed by atoms with van der Waals surface area (Å²) in [5, 5.41) is 0. The van der Waals surface area contributed by atoms with E-state index in [4.69, 9.17) is 4.74 Å². The van der Waals surface area contributed by atoms with Crippen LogP contribution in [-0.2, 0) is 29.6 Å². The minimum absolute atomic E-state index is 0.0150. The van der Waals surface area contributed by atoms with E-state index < -0.39 is 37.8 Å². The number of esters is 1. The predicted molar refractivity (Wildman–Crippen MR) is 117 cm³/mol. The van der Waals surface area contributed by atoms with Crippen LogP contribution in [-0.4, -0.2) is 48.2 Å². The van der Waals surface area contributed by atoms with Crippen molar-refractivity contribution < 1.29 is 35.9 Å². The largest absolute Gasteiger partial charge is 0.492 e. The van der Waals surface area contributed by atoms with Crippen LogP contribution in [0.25, 0.3) is 0 Å². The molecule has 172 valence electrons. The molecule has 2 aromatic carbocycles. The van der Waals surface area contributed by atoms with E-state index in [-0.39, 0.29) is 39.9 Å². The SMILES string of the molecule is CCOc1ccc(N2C(=O)C(C)CS2(=O)=O)cc1S(=O)(=O)Nc1ccccc1C(=O)OC. The lowest BCUT2D eigenvalue weighted by molar-refractivity contribution is -0.119. The van der Waals surface area contributed by atoms with Gasteiger partial charge < -0.3 is 9.47 Å². The summed E-state index contributed by atoms with van der Waals surface area (Å²) in [5.41, 5.74) is -0.172. The van der Waals surface area contributed by atoms with Gasteiger partial charge in [-0.05, 0) is 37.3 Å². The summed E-state index contributed by atoms with van der Waals surface area (Å²) in [6, 6.07) is 9.49. The summed E-state index contributed by atoms with van der Waals surface area (Å²) in [4.78, 5) is 24.0. The molecule has 2 aromatic rings. The number of nitrogens with zero attached hydrogens (tertiary/aromatic N) is 1. The van der Waals surface area contributed by atoms with Crippen molar-refractivity contribution in [2.75, 3.05) is 28.5 Å². The molecule has 1 saturated heterocycles. The van der Waals surface area contributed by atoms with Gasteiger partial charge in [0.25, 0.3) is 10.0 Å². The second-order valence-electron chi connectivity index (χ2n) is 6.99. The first-order valence-electron chi connectivity index (χ1n) is 9.55. The molecule has 1 N–H and O–H groups in total. The van der Waals surface area contributed by atoms with E-state index in [1.807, 2.05) is 0 Å². The van der Waals surface area contributed by atoms with E-state index in [9.17, 15) is 26.4 Å². The zero-order valence-corrected chi connectivity index (χ0v) is 19.2. The number of hydrogen-bond acceptors (Lipinski definition) is 8. The number of rotatable bonds is 7. The first-order valence-corrected chi connectivity index (χ1v) is 12.6. The lowest BCUT2D eigenvalue weighted by atomic mass is 10.2. The maximum atomic E-state index is 13.2. The van der Waals surface area contributed by atoms with Crippen molar-refractivity contribution in [1.82, 2.24) is 0 Å². The van der Waals surface area contributed by atoms with Crippen molar-refractivity contribution in [3.63, 3.8) is 0 Å². The zero-order valence-electron chi connectivity index (χ0n) is 17.6. The third-order valence-electron chi connectivity index (χ3n) is 4.69. The van der Waals surface area contributed by atoms with Gasteiger partial charge >= 0.3 is 5.97 Å². The quantitative estimate of drug-likeness (QED) is 0.592. The van der Waals surface area contributed by atoms with Crippen LogP contribution in [0.15, 0.2) is 47.4 Å². The molecule has 0 radical (unpaired) electrons. The maximum absolute atomic E-state index is 13.2. The summed E-state index contributed by atoms with van der Waals surface area (Å²) in [7, 11) is -7.14. The molecule has 1 fully saturated rings. The zero-order chi connectivity index (χ0) is 23.7. The highest BCUT2D eigenvalue weighted by Gasteiger charge is 2.42. The summed E-state index contributed by atoms with van der Waals surface area (Å²) in [5.74, 6) is -2.56. The Morgan fingerprint density at radius 2 is 1.91 bits per heavy atom. The van der Waals surface area contributed by atoms with Crippen LogP contribution in [0.4, 0.5) is 11.4 Å². The topological polar surface area (TPSA) is 136 Å². The molecule has 1 heterocycles. The molecule has 0 aromatic heterocycles. The number of sulfonamides is 2. The number of amides is 1. The fourth-order valence-electron chi connectivity index (χ4n) is 3.25. The molecule has 0 bridgehead atoms. The number of methoxy groups -OCH3 is 1. The lowest BCUT2D eigenvalue weighted by Gasteiger charge is -2.19. The third-order valence-corrected chi connectivity index (χ3v) is 7.94. The Bertz CT molecular complexity index is 1270. The van der Waals surface area contributed by atoms with Gasteiger partial charge in [0.05, 0.1) is 42.3 Å². The first-order chi connectivity index (χ1) is 15.0. The Morgan fingerprint density at radius 1 is 1.22 bits per heavy atom. The molecule has 1 aliphatic rings. The van der Waals surface area contributed by atoms with Gasteiger partial charge in [0, 0.05) is 0 Å². The lowest BCUT2D eigenvalue weighted by Crippen LogP contribution is -2.30. The molecule has 1 unspecified atom stereocenters. The molecular weight excluding hydrogens is 460 g/mol. The average Bonchev–Trinajstić information content (AvgIpc) is 2.94. The molecule has 32 heavy (non-hydrogen) atoms. The van der Waals surface area contributed by atoms with Crippen LogP contribution in [0.5, 0.6) is 5.75 Å². The summed E-state index contributed by atoms with van der Waals surface area (Å²) in [6.45, 7) is 3.27. The number of para-hydroxylation sites is 1. The van der Waals surface area contributed by atoms with Gasteiger partial charge in [0.2, 0.25) is 15.9 Å². The molecule has 12 heteroatoms. The Morgan fingerprint density at radius 3 is 2.50 bits per heavy atom. The smallest absolute Gasteiger partial charge is 0.339 e. The molecule has 1 amide bonds. The average molecular weight is 483 g/mol. The van der Waals surface area contributed by atoms with Crippen molar-refractivity contribution >= 4 is 43.3 Å². The molecule has 0 aliphatic carbocycles. The van der Waals surface area contributed by atoms with E-state index >= 15 is 0 Å².